The summed E-state index contributed by atoms with van der Waals surface area (Å²) in [7, 11) is 3.12. The third-order valence-electron chi connectivity index (χ3n) is 3.73. The summed E-state index contributed by atoms with van der Waals surface area (Å²) in [6.07, 6.45) is 0. The van der Waals surface area contributed by atoms with Crippen molar-refractivity contribution >= 4 is 24.2 Å². The van der Waals surface area contributed by atoms with E-state index in [1.807, 2.05) is 26.8 Å². The molecule has 2 amide bonds. The molecule has 1 aromatic carbocycles. The van der Waals surface area contributed by atoms with Gasteiger partial charge in [-0.15, -0.1) is 12.4 Å². The van der Waals surface area contributed by atoms with Crippen LogP contribution < -0.4 is 25.8 Å². The monoisotopic (exact) mass is 373 g/mol. The predicted molar refractivity (Wildman–Crippen MR) is 99.2 cm³/mol. The molecular weight excluding hydrogens is 346 g/mol. The van der Waals surface area contributed by atoms with Crippen LogP contribution in [0, 0.1) is 5.92 Å². The molecule has 1 unspecified atom stereocenters. The minimum Gasteiger partial charge on any atom is -0.493 e. The number of carbonyl (C=O) groups is 2. The van der Waals surface area contributed by atoms with E-state index in [0.717, 1.165) is 5.56 Å². The minimum absolute atomic E-state index is 0. The molecule has 0 radical (unpaired) electrons. The van der Waals surface area contributed by atoms with Crippen molar-refractivity contribution in [3.05, 3.63) is 23.8 Å². The van der Waals surface area contributed by atoms with Crippen molar-refractivity contribution in [3.63, 3.8) is 0 Å². The Kier molecular flexibility index (Phi) is 9.93. The Balaban J connectivity index is 0.00000576. The summed E-state index contributed by atoms with van der Waals surface area (Å²) < 4.78 is 10.4. The van der Waals surface area contributed by atoms with Gasteiger partial charge in [0.05, 0.1) is 32.8 Å². The van der Waals surface area contributed by atoms with Crippen LogP contribution in [0.2, 0.25) is 0 Å². The minimum atomic E-state index is -0.624. The lowest BCUT2D eigenvalue weighted by Crippen LogP contribution is -2.47. The van der Waals surface area contributed by atoms with Crippen molar-refractivity contribution in [1.29, 1.82) is 0 Å². The van der Waals surface area contributed by atoms with Gasteiger partial charge < -0.3 is 25.8 Å². The zero-order valence-electron chi connectivity index (χ0n) is 15.3. The number of benzene rings is 1. The first-order valence-corrected chi connectivity index (χ1v) is 7.84. The molecule has 0 aliphatic rings. The molecule has 7 nitrogen and oxygen atoms in total. The first-order valence-electron chi connectivity index (χ1n) is 7.84. The van der Waals surface area contributed by atoms with Crippen LogP contribution >= 0.6 is 12.4 Å². The standard InChI is InChI=1S/C17H27N3O4.ClH/c1-10(2)16(18)17(22)19-9-15(21)20-11(3)12-6-7-13(23-4)14(8-12)24-5;/h6-8,10-11,16H,9,18H2,1-5H3,(H,19,22)(H,20,21);1H/t11?,16-;/m0./s1. The fraction of sp³-hybridized carbons (Fsp3) is 0.529. The molecule has 4 N–H and O–H groups in total. The zero-order valence-corrected chi connectivity index (χ0v) is 16.1. The van der Waals surface area contributed by atoms with E-state index in [1.54, 1.807) is 26.4 Å². The third-order valence-corrected chi connectivity index (χ3v) is 3.73. The smallest absolute Gasteiger partial charge is 0.239 e. The van der Waals surface area contributed by atoms with Gasteiger partial charge in [-0.05, 0) is 30.5 Å². The number of halogens is 1. The second-order valence-electron chi connectivity index (χ2n) is 5.89. The fourth-order valence-corrected chi connectivity index (χ4v) is 2.09. The summed E-state index contributed by atoms with van der Waals surface area (Å²) in [6, 6.07) is 4.56. The molecule has 1 aromatic rings. The Bertz CT molecular complexity index is 581. The van der Waals surface area contributed by atoms with Gasteiger partial charge in [-0.3, -0.25) is 9.59 Å². The molecule has 0 aliphatic heterocycles. The molecule has 0 saturated carbocycles. The molecule has 8 heteroatoms. The topological polar surface area (TPSA) is 103 Å². The number of hydrogen-bond acceptors (Lipinski definition) is 5. The van der Waals surface area contributed by atoms with Gasteiger partial charge in [0.2, 0.25) is 11.8 Å². The van der Waals surface area contributed by atoms with Crippen LogP contribution in [-0.4, -0.2) is 38.6 Å². The second kappa shape index (κ2) is 10.8. The van der Waals surface area contributed by atoms with E-state index in [0.29, 0.717) is 11.5 Å². The maximum atomic E-state index is 12.0. The van der Waals surface area contributed by atoms with Crippen LogP contribution in [0.25, 0.3) is 0 Å². The number of nitrogens with two attached hydrogens (primary N) is 1. The van der Waals surface area contributed by atoms with Gasteiger partial charge in [-0.1, -0.05) is 19.9 Å². The van der Waals surface area contributed by atoms with Gasteiger partial charge in [-0.25, -0.2) is 0 Å². The molecule has 25 heavy (non-hydrogen) atoms. The average molecular weight is 374 g/mol. The average Bonchev–Trinajstić information content (AvgIpc) is 2.57. The lowest BCUT2D eigenvalue weighted by molar-refractivity contribution is -0.127. The predicted octanol–water partition coefficient (Wildman–Crippen LogP) is 1.40. The normalized spacial score (nSPS) is 12.6. The summed E-state index contributed by atoms with van der Waals surface area (Å²) in [4.78, 5) is 23.7. The second-order valence-corrected chi connectivity index (χ2v) is 5.89. The highest BCUT2D eigenvalue weighted by atomic mass is 35.5. The molecule has 2 atom stereocenters. The number of carbonyl (C=O) groups excluding carboxylic acids is 2. The van der Waals surface area contributed by atoms with Crippen LogP contribution in [0.5, 0.6) is 11.5 Å². The summed E-state index contributed by atoms with van der Waals surface area (Å²) in [5, 5.41) is 5.36. The highest BCUT2D eigenvalue weighted by Gasteiger charge is 2.18. The van der Waals surface area contributed by atoms with Gasteiger partial charge in [0.25, 0.3) is 0 Å². The number of methoxy groups -OCH3 is 2. The maximum absolute atomic E-state index is 12.0. The molecule has 0 heterocycles. The summed E-state index contributed by atoms with van der Waals surface area (Å²) in [5.74, 6) is 0.598. The Morgan fingerprint density at radius 2 is 1.72 bits per heavy atom. The summed E-state index contributed by atoms with van der Waals surface area (Å²) in [6.45, 7) is 5.44. The van der Waals surface area contributed by atoms with Crippen LogP contribution in [0.15, 0.2) is 18.2 Å². The Morgan fingerprint density at radius 1 is 1.12 bits per heavy atom. The number of amides is 2. The van der Waals surface area contributed by atoms with E-state index < -0.39 is 6.04 Å². The largest absolute Gasteiger partial charge is 0.493 e. The fourth-order valence-electron chi connectivity index (χ4n) is 2.09. The molecule has 0 fully saturated rings. The molecule has 1 rings (SSSR count). The highest BCUT2D eigenvalue weighted by molar-refractivity contribution is 5.87. The Morgan fingerprint density at radius 3 is 2.24 bits per heavy atom. The maximum Gasteiger partial charge on any atom is 0.239 e. The van der Waals surface area contributed by atoms with E-state index >= 15 is 0 Å². The first kappa shape index (κ1) is 23.0. The number of rotatable bonds is 8. The van der Waals surface area contributed by atoms with Crippen LogP contribution in [0.3, 0.4) is 0 Å². The quantitative estimate of drug-likeness (QED) is 0.639. The molecule has 142 valence electrons. The van der Waals surface area contributed by atoms with Gasteiger partial charge in [0.1, 0.15) is 0 Å². The number of hydrogen-bond donors (Lipinski definition) is 3. The number of nitrogens with one attached hydrogen (secondary N) is 2. The van der Waals surface area contributed by atoms with Crippen molar-refractivity contribution in [1.82, 2.24) is 10.6 Å². The van der Waals surface area contributed by atoms with Crippen molar-refractivity contribution in [2.24, 2.45) is 11.7 Å². The lowest BCUT2D eigenvalue weighted by atomic mass is 10.1. The summed E-state index contributed by atoms with van der Waals surface area (Å²) in [5.41, 5.74) is 6.60. The molecule has 0 saturated heterocycles. The van der Waals surface area contributed by atoms with E-state index in [2.05, 4.69) is 10.6 Å². The lowest BCUT2D eigenvalue weighted by Gasteiger charge is -2.18. The van der Waals surface area contributed by atoms with E-state index in [1.165, 1.54) is 0 Å². The Hall–Kier alpha value is -1.99. The van der Waals surface area contributed by atoms with Crippen LogP contribution in [0.4, 0.5) is 0 Å². The van der Waals surface area contributed by atoms with Gasteiger partial charge in [-0.2, -0.15) is 0 Å². The zero-order chi connectivity index (χ0) is 18.3. The molecule has 0 spiro atoms. The van der Waals surface area contributed by atoms with Crippen molar-refractivity contribution in [2.45, 2.75) is 32.9 Å². The molecule has 0 aliphatic carbocycles. The number of ether oxygens (including phenoxy) is 2. The van der Waals surface area contributed by atoms with Crippen LogP contribution in [0.1, 0.15) is 32.4 Å². The Labute approximate surface area is 155 Å². The van der Waals surface area contributed by atoms with E-state index in [9.17, 15) is 9.59 Å². The molecular formula is C17H28ClN3O4. The SMILES string of the molecule is COc1ccc(C(C)NC(=O)CNC(=O)[C@@H](N)C(C)C)cc1OC.Cl. The summed E-state index contributed by atoms with van der Waals surface area (Å²) >= 11 is 0. The van der Waals surface area contributed by atoms with Crippen molar-refractivity contribution in [3.8, 4) is 11.5 Å². The molecule has 0 aromatic heterocycles. The van der Waals surface area contributed by atoms with Crippen molar-refractivity contribution < 1.29 is 19.1 Å². The van der Waals surface area contributed by atoms with Crippen molar-refractivity contribution in [2.75, 3.05) is 20.8 Å². The van der Waals surface area contributed by atoms with E-state index in [4.69, 9.17) is 15.2 Å². The van der Waals surface area contributed by atoms with Gasteiger partial charge >= 0.3 is 0 Å². The molecule has 0 bridgehead atoms. The van der Waals surface area contributed by atoms with Gasteiger partial charge in [0, 0.05) is 0 Å². The van der Waals surface area contributed by atoms with Crippen LogP contribution in [-0.2, 0) is 9.59 Å². The highest BCUT2D eigenvalue weighted by Crippen LogP contribution is 2.29. The van der Waals surface area contributed by atoms with Gasteiger partial charge in [0.15, 0.2) is 11.5 Å². The third kappa shape index (κ3) is 6.80. The first-order chi connectivity index (χ1) is 11.3. The van der Waals surface area contributed by atoms with E-state index in [-0.39, 0.29) is 42.7 Å².